The summed E-state index contributed by atoms with van der Waals surface area (Å²) in [6, 6.07) is -0.211. The third kappa shape index (κ3) is 4.60. The molecule has 0 aromatic carbocycles. The van der Waals surface area contributed by atoms with Crippen LogP contribution in [0.4, 0.5) is 23.7 Å². The van der Waals surface area contributed by atoms with E-state index in [-0.39, 0.29) is 51.0 Å². The van der Waals surface area contributed by atoms with E-state index in [4.69, 9.17) is 10.5 Å². The molecule has 0 radical (unpaired) electrons. The number of ether oxygens (including phenoxy) is 1. The molecule has 1 atom stereocenters. The highest BCUT2D eigenvalue weighted by atomic mass is 32.1. The molecule has 2 aliphatic rings. The Morgan fingerprint density at radius 2 is 1.97 bits per heavy atom. The Bertz CT molecular complexity index is 1080. The number of aryl methyl sites for hydroxylation is 1. The average Bonchev–Trinajstić information content (AvgIpc) is 3.08. The molecule has 2 aromatic rings. The first-order chi connectivity index (χ1) is 15.6. The van der Waals surface area contributed by atoms with Gasteiger partial charge in [0.25, 0.3) is 5.91 Å². The van der Waals surface area contributed by atoms with Crippen molar-refractivity contribution < 1.29 is 27.5 Å². The second kappa shape index (κ2) is 9.00. The lowest BCUT2D eigenvalue weighted by molar-refractivity contribution is -0.137. The molecule has 180 valence electrons. The average molecular weight is 485 g/mol. The van der Waals surface area contributed by atoms with Gasteiger partial charge in [0.2, 0.25) is 0 Å². The summed E-state index contributed by atoms with van der Waals surface area (Å²) < 4.78 is 47.4. The predicted molar refractivity (Wildman–Crippen MR) is 119 cm³/mol. The van der Waals surface area contributed by atoms with Gasteiger partial charge in [-0.2, -0.15) is 13.2 Å². The molecule has 1 aliphatic heterocycles. The molecule has 4 rings (SSSR count). The van der Waals surface area contributed by atoms with Crippen molar-refractivity contribution in [2.24, 2.45) is 5.92 Å². The number of thiophene rings is 1. The van der Waals surface area contributed by atoms with E-state index in [9.17, 15) is 22.8 Å². The number of nitrogens with two attached hydrogens (primary N) is 1. The summed E-state index contributed by atoms with van der Waals surface area (Å²) >= 11 is 0.904. The highest BCUT2D eigenvalue weighted by Crippen LogP contribution is 2.46. The van der Waals surface area contributed by atoms with Gasteiger partial charge >= 0.3 is 12.3 Å². The Labute approximate surface area is 193 Å². The van der Waals surface area contributed by atoms with E-state index in [1.54, 1.807) is 11.8 Å². The number of hydrogen-bond acceptors (Lipinski definition) is 6. The van der Waals surface area contributed by atoms with Crippen LogP contribution in [-0.4, -0.2) is 47.6 Å². The standard InChI is InChI=1S/C22H27F3N4O3S/c1-3-32-21(31)29-8-6-12(7-9-29)27-19(30)18-17(26)15-16(22(23,24)25)13-10-11(2)4-5-14(13)28-20(15)33-18/h11-12H,3-10,26H2,1-2H3,(H,27,30). The fourth-order valence-electron chi connectivity index (χ4n) is 4.65. The molecular formula is C22H27F3N4O3S. The summed E-state index contributed by atoms with van der Waals surface area (Å²) in [4.78, 5) is 31.1. The van der Waals surface area contributed by atoms with Gasteiger partial charge in [0, 0.05) is 30.2 Å². The molecule has 1 aliphatic carbocycles. The zero-order valence-corrected chi connectivity index (χ0v) is 19.4. The number of likely N-dealkylation sites (tertiary alicyclic amines) is 1. The van der Waals surface area contributed by atoms with Crippen LogP contribution in [0.5, 0.6) is 0 Å². The second-order valence-electron chi connectivity index (χ2n) is 8.72. The normalized spacial score (nSPS) is 19.4. The molecule has 7 nitrogen and oxygen atoms in total. The number of anilines is 1. The van der Waals surface area contributed by atoms with Crippen LogP contribution >= 0.6 is 11.3 Å². The molecule has 2 aromatic heterocycles. The van der Waals surface area contributed by atoms with E-state index in [0.29, 0.717) is 44.5 Å². The fraction of sp³-hybridized carbons (Fsp3) is 0.591. The van der Waals surface area contributed by atoms with Crippen LogP contribution in [0.25, 0.3) is 10.2 Å². The number of halogens is 3. The van der Waals surface area contributed by atoms with Gasteiger partial charge in [-0.15, -0.1) is 11.3 Å². The highest BCUT2D eigenvalue weighted by molar-refractivity contribution is 7.21. The van der Waals surface area contributed by atoms with Crippen molar-refractivity contribution in [2.75, 3.05) is 25.4 Å². The number of alkyl halides is 3. The Hall–Kier alpha value is -2.56. The lowest BCUT2D eigenvalue weighted by Gasteiger charge is -2.31. The monoisotopic (exact) mass is 484 g/mol. The Morgan fingerprint density at radius 3 is 2.61 bits per heavy atom. The number of nitrogens with one attached hydrogen (secondary N) is 1. The molecule has 3 heterocycles. The van der Waals surface area contributed by atoms with Gasteiger partial charge in [0.05, 0.1) is 17.9 Å². The summed E-state index contributed by atoms with van der Waals surface area (Å²) in [5.41, 5.74) is 5.89. The summed E-state index contributed by atoms with van der Waals surface area (Å²) in [6.45, 7) is 4.80. The van der Waals surface area contributed by atoms with Crippen molar-refractivity contribution in [3.8, 4) is 0 Å². The van der Waals surface area contributed by atoms with E-state index in [1.165, 1.54) is 0 Å². The summed E-state index contributed by atoms with van der Waals surface area (Å²) in [5, 5.41) is 2.70. The summed E-state index contributed by atoms with van der Waals surface area (Å²) in [6.07, 6.45) is -2.38. The first-order valence-electron chi connectivity index (χ1n) is 11.1. The number of carbonyl (C=O) groups excluding carboxylic acids is 2. The predicted octanol–water partition coefficient (Wildman–Crippen LogP) is 4.37. The van der Waals surface area contributed by atoms with Crippen LogP contribution in [0.1, 0.15) is 59.6 Å². The molecule has 0 bridgehead atoms. The number of piperidine rings is 1. The number of amides is 2. The first-order valence-corrected chi connectivity index (χ1v) is 11.9. The molecule has 1 saturated heterocycles. The summed E-state index contributed by atoms with van der Waals surface area (Å²) in [7, 11) is 0. The quantitative estimate of drug-likeness (QED) is 0.674. The number of hydrogen-bond donors (Lipinski definition) is 2. The van der Waals surface area contributed by atoms with Crippen LogP contribution < -0.4 is 11.1 Å². The number of aromatic nitrogens is 1. The van der Waals surface area contributed by atoms with Crippen molar-refractivity contribution in [1.29, 1.82) is 0 Å². The molecule has 0 saturated carbocycles. The van der Waals surface area contributed by atoms with Crippen LogP contribution in [0.3, 0.4) is 0 Å². The van der Waals surface area contributed by atoms with Gasteiger partial charge in [-0.3, -0.25) is 4.79 Å². The maximum atomic E-state index is 14.1. The second-order valence-corrected chi connectivity index (χ2v) is 9.72. The molecule has 11 heteroatoms. The fourth-order valence-corrected chi connectivity index (χ4v) is 5.68. The zero-order valence-electron chi connectivity index (χ0n) is 18.6. The van der Waals surface area contributed by atoms with E-state index in [1.807, 2.05) is 6.92 Å². The Balaban J connectivity index is 1.60. The van der Waals surface area contributed by atoms with Gasteiger partial charge in [-0.25, -0.2) is 9.78 Å². The lowest BCUT2D eigenvalue weighted by Crippen LogP contribution is -2.46. The smallest absolute Gasteiger partial charge is 0.417 e. The Morgan fingerprint density at radius 1 is 1.27 bits per heavy atom. The van der Waals surface area contributed by atoms with Crippen molar-refractivity contribution in [3.63, 3.8) is 0 Å². The number of rotatable bonds is 3. The van der Waals surface area contributed by atoms with Crippen LogP contribution in [0, 0.1) is 5.92 Å². The Kier molecular flexibility index (Phi) is 6.43. The maximum Gasteiger partial charge on any atom is 0.417 e. The molecule has 0 spiro atoms. The van der Waals surface area contributed by atoms with E-state index < -0.39 is 17.6 Å². The van der Waals surface area contributed by atoms with Crippen molar-refractivity contribution in [3.05, 3.63) is 21.7 Å². The molecule has 2 amide bonds. The minimum absolute atomic E-state index is 0.0474. The number of nitrogens with zero attached hydrogens (tertiary/aromatic N) is 2. The number of fused-ring (bicyclic) bond motifs is 2. The van der Waals surface area contributed by atoms with Crippen molar-refractivity contribution >= 4 is 39.2 Å². The van der Waals surface area contributed by atoms with Gasteiger partial charge in [-0.1, -0.05) is 6.92 Å². The zero-order chi connectivity index (χ0) is 23.9. The minimum Gasteiger partial charge on any atom is -0.450 e. The number of carbonyl (C=O) groups is 2. The number of pyridine rings is 1. The van der Waals surface area contributed by atoms with Crippen molar-refractivity contribution in [2.45, 2.75) is 58.2 Å². The lowest BCUT2D eigenvalue weighted by atomic mass is 9.84. The van der Waals surface area contributed by atoms with Gasteiger partial charge in [0.1, 0.15) is 9.71 Å². The largest absolute Gasteiger partial charge is 0.450 e. The third-order valence-corrected chi connectivity index (χ3v) is 7.43. The van der Waals surface area contributed by atoms with Crippen LogP contribution in [0.2, 0.25) is 0 Å². The third-order valence-electron chi connectivity index (χ3n) is 6.34. The van der Waals surface area contributed by atoms with Crippen LogP contribution in [-0.2, 0) is 23.8 Å². The van der Waals surface area contributed by atoms with E-state index >= 15 is 0 Å². The van der Waals surface area contributed by atoms with E-state index in [0.717, 1.165) is 17.8 Å². The van der Waals surface area contributed by atoms with E-state index in [2.05, 4.69) is 10.3 Å². The van der Waals surface area contributed by atoms with Crippen molar-refractivity contribution in [1.82, 2.24) is 15.2 Å². The summed E-state index contributed by atoms with van der Waals surface area (Å²) in [5.74, 6) is -0.384. The molecule has 33 heavy (non-hydrogen) atoms. The molecule has 1 unspecified atom stereocenters. The van der Waals surface area contributed by atoms with Gasteiger partial charge in [-0.05, 0) is 50.5 Å². The minimum atomic E-state index is -4.59. The highest BCUT2D eigenvalue weighted by Gasteiger charge is 2.40. The molecule has 1 fully saturated rings. The van der Waals surface area contributed by atoms with Gasteiger partial charge in [0.15, 0.2) is 0 Å². The molecular weight excluding hydrogens is 457 g/mol. The maximum absolute atomic E-state index is 14.1. The topological polar surface area (TPSA) is 97.5 Å². The van der Waals surface area contributed by atoms with Crippen LogP contribution in [0.15, 0.2) is 0 Å². The first kappa shape index (κ1) is 23.6. The molecule has 3 N–H and O–H groups in total. The van der Waals surface area contributed by atoms with Gasteiger partial charge < -0.3 is 20.7 Å². The number of nitrogen functional groups attached to an aromatic ring is 1. The SMILES string of the molecule is CCOC(=O)N1CCC(NC(=O)c2sc3nc4c(c(C(F)(F)F)c3c2N)CC(C)CC4)CC1.